The molecular formula is C67H130O17P2. The van der Waals surface area contributed by atoms with Crippen LogP contribution in [0.1, 0.15) is 325 Å². The maximum absolute atomic E-state index is 13.0. The second-order valence-corrected chi connectivity index (χ2v) is 28.6. The smallest absolute Gasteiger partial charge is 0.462 e. The summed E-state index contributed by atoms with van der Waals surface area (Å²) in [7, 11) is -9.90. The summed E-state index contributed by atoms with van der Waals surface area (Å²) < 4.78 is 68.1. The number of unbranched alkanes of at least 4 members (excludes halogenated alkanes) is 28. The average Bonchev–Trinajstić information content (AvgIpc) is 3.53. The fraction of sp³-hybridized carbons (Fsp3) is 0.940. The van der Waals surface area contributed by atoms with Gasteiger partial charge < -0.3 is 33.8 Å². The van der Waals surface area contributed by atoms with E-state index in [9.17, 15) is 43.2 Å². The summed E-state index contributed by atoms with van der Waals surface area (Å²) in [4.78, 5) is 72.4. The van der Waals surface area contributed by atoms with E-state index in [1.807, 2.05) is 0 Å². The van der Waals surface area contributed by atoms with Crippen molar-refractivity contribution in [2.45, 2.75) is 343 Å². The normalized spacial score (nSPS) is 15.0. The first-order valence-corrected chi connectivity index (χ1v) is 37.8. The minimum Gasteiger partial charge on any atom is -0.462 e. The molecule has 0 aromatic heterocycles. The Hall–Kier alpha value is -1.94. The lowest BCUT2D eigenvalue weighted by Crippen LogP contribution is -2.30. The highest BCUT2D eigenvalue weighted by Gasteiger charge is 2.30. The molecule has 0 rings (SSSR count). The van der Waals surface area contributed by atoms with Gasteiger partial charge >= 0.3 is 39.5 Å². The second-order valence-electron chi connectivity index (χ2n) is 25.6. The van der Waals surface area contributed by atoms with Crippen LogP contribution in [0.4, 0.5) is 0 Å². The second kappa shape index (κ2) is 57.0. The molecule has 19 heteroatoms. The number of rotatable bonds is 64. The Kier molecular flexibility index (Phi) is 55.7. The molecule has 0 aromatic carbocycles. The molecule has 86 heavy (non-hydrogen) atoms. The first-order chi connectivity index (χ1) is 41.2. The van der Waals surface area contributed by atoms with Gasteiger partial charge in [-0.25, -0.2) is 9.13 Å². The molecule has 510 valence electrons. The third-order valence-corrected chi connectivity index (χ3v) is 17.9. The summed E-state index contributed by atoms with van der Waals surface area (Å²) >= 11 is 0. The molecule has 0 spiro atoms. The molecule has 0 aromatic rings. The molecular weight excluding hydrogens is 1140 g/mol. The first kappa shape index (κ1) is 84.1. The Morgan fingerprint density at radius 3 is 0.826 bits per heavy atom. The van der Waals surface area contributed by atoms with E-state index >= 15 is 0 Å². The molecule has 17 nitrogen and oxygen atoms in total. The Morgan fingerprint density at radius 1 is 0.326 bits per heavy atom. The monoisotopic (exact) mass is 1270 g/mol. The lowest BCUT2D eigenvalue weighted by Gasteiger charge is -2.21. The Labute approximate surface area is 524 Å². The number of phosphoric acid groups is 2. The highest BCUT2D eigenvalue weighted by molar-refractivity contribution is 7.47. The number of ether oxygens (including phenoxy) is 4. The zero-order valence-corrected chi connectivity index (χ0v) is 57.7. The fourth-order valence-electron chi connectivity index (χ4n) is 9.89. The summed E-state index contributed by atoms with van der Waals surface area (Å²) in [5, 5.41) is 10.6. The number of carbonyl (C=O) groups is 4. The molecule has 0 saturated carbocycles. The minimum absolute atomic E-state index is 0.104. The summed E-state index contributed by atoms with van der Waals surface area (Å²) in [6, 6.07) is 0. The maximum atomic E-state index is 13.0. The van der Waals surface area contributed by atoms with Gasteiger partial charge in [0.15, 0.2) is 12.2 Å². The van der Waals surface area contributed by atoms with E-state index in [0.717, 1.165) is 120 Å². The number of aliphatic hydroxyl groups excluding tert-OH is 1. The molecule has 0 heterocycles. The topological polar surface area (TPSA) is 237 Å². The van der Waals surface area contributed by atoms with Crippen LogP contribution < -0.4 is 0 Å². The molecule has 7 atom stereocenters. The van der Waals surface area contributed by atoms with Crippen molar-refractivity contribution in [1.29, 1.82) is 0 Å². The van der Waals surface area contributed by atoms with Gasteiger partial charge in [0.25, 0.3) is 0 Å². The zero-order chi connectivity index (χ0) is 63.9. The van der Waals surface area contributed by atoms with E-state index in [2.05, 4.69) is 55.4 Å². The largest absolute Gasteiger partial charge is 0.472 e. The number of carbonyl (C=O) groups excluding carboxylic acids is 4. The van der Waals surface area contributed by atoms with Gasteiger partial charge in [-0.05, 0) is 49.4 Å². The molecule has 0 aliphatic carbocycles. The summed E-state index contributed by atoms with van der Waals surface area (Å²) in [6.45, 7) is 14.0. The van der Waals surface area contributed by atoms with Crippen molar-refractivity contribution in [3.05, 3.63) is 0 Å². The summed E-state index contributed by atoms with van der Waals surface area (Å²) in [6.07, 6.45) is 37.5. The molecule has 0 bridgehead atoms. The first-order valence-electron chi connectivity index (χ1n) is 34.8. The Bertz CT molecular complexity index is 1720. The van der Waals surface area contributed by atoms with Crippen molar-refractivity contribution in [1.82, 2.24) is 0 Å². The van der Waals surface area contributed by atoms with Crippen molar-refractivity contribution in [2.75, 3.05) is 39.6 Å². The van der Waals surface area contributed by atoms with Gasteiger partial charge in [0, 0.05) is 25.7 Å². The van der Waals surface area contributed by atoms with Crippen LogP contribution in [0.5, 0.6) is 0 Å². The number of aliphatic hydroxyl groups is 1. The van der Waals surface area contributed by atoms with Crippen molar-refractivity contribution >= 4 is 39.5 Å². The molecule has 0 radical (unpaired) electrons. The molecule has 0 amide bonds. The predicted octanol–water partition coefficient (Wildman–Crippen LogP) is 18.5. The third-order valence-electron chi connectivity index (χ3n) is 16.0. The van der Waals surface area contributed by atoms with Crippen LogP contribution in [0.25, 0.3) is 0 Å². The third kappa shape index (κ3) is 58.4. The van der Waals surface area contributed by atoms with Crippen LogP contribution in [0, 0.1) is 23.7 Å². The standard InChI is InChI=1S/C67H130O17P2/c1-9-59(7)45-37-29-21-16-18-24-34-42-50-67(72)84-62(53-77-64(69)47-39-31-22-17-15-20-28-36-44-58(5)6)55-81-85(73,74)79-51-61(68)52-80-86(75,76)82-56-63(54-78-65(70)48-40-32-26-25-30-38-46-60(8)10-2)83-66(71)49-41-33-23-14-12-11-13-19-27-35-43-57(3)4/h57-63,68H,9-56H2,1-8H3,(H,73,74)(H,75,76)/t59?,60?,61?,62-,63-/m1/s1. The van der Waals surface area contributed by atoms with Gasteiger partial charge in [0.1, 0.15) is 19.3 Å². The minimum atomic E-state index is -4.95. The van der Waals surface area contributed by atoms with Crippen LogP contribution in [-0.4, -0.2) is 96.7 Å². The summed E-state index contributed by atoms with van der Waals surface area (Å²) in [5.74, 6) is 0.843. The number of esters is 4. The van der Waals surface area contributed by atoms with Gasteiger partial charge in [0.05, 0.1) is 26.4 Å². The van der Waals surface area contributed by atoms with E-state index in [-0.39, 0.29) is 25.7 Å². The van der Waals surface area contributed by atoms with E-state index in [1.165, 1.54) is 122 Å². The van der Waals surface area contributed by atoms with Gasteiger partial charge in [-0.1, -0.05) is 274 Å². The van der Waals surface area contributed by atoms with Crippen molar-refractivity contribution in [3.8, 4) is 0 Å². The van der Waals surface area contributed by atoms with Gasteiger partial charge in [-0.2, -0.15) is 0 Å². The van der Waals surface area contributed by atoms with Crippen molar-refractivity contribution < 1.29 is 80.2 Å². The van der Waals surface area contributed by atoms with E-state index in [1.54, 1.807) is 0 Å². The lowest BCUT2D eigenvalue weighted by atomic mass is 9.99. The maximum Gasteiger partial charge on any atom is 0.472 e. The molecule has 0 fully saturated rings. The van der Waals surface area contributed by atoms with Crippen molar-refractivity contribution in [2.24, 2.45) is 23.7 Å². The fourth-order valence-corrected chi connectivity index (χ4v) is 11.5. The van der Waals surface area contributed by atoms with Gasteiger partial charge in [-0.15, -0.1) is 0 Å². The van der Waals surface area contributed by atoms with Gasteiger partial charge in [0.2, 0.25) is 0 Å². The summed E-state index contributed by atoms with van der Waals surface area (Å²) in [5.41, 5.74) is 0. The van der Waals surface area contributed by atoms with Crippen LogP contribution in [0.2, 0.25) is 0 Å². The predicted molar refractivity (Wildman–Crippen MR) is 344 cm³/mol. The molecule has 0 saturated heterocycles. The number of hydrogen-bond donors (Lipinski definition) is 3. The van der Waals surface area contributed by atoms with Crippen LogP contribution in [0.15, 0.2) is 0 Å². The van der Waals surface area contributed by atoms with Gasteiger partial charge in [-0.3, -0.25) is 37.3 Å². The number of phosphoric ester groups is 2. The van der Waals surface area contributed by atoms with Crippen LogP contribution in [0.3, 0.4) is 0 Å². The van der Waals surface area contributed by atoms with Crippen LogP contribution in [-0.2, 0) is 65.4 Å². The number of hydrogen-bond acceptors (Lipinski definition) is 15. The Balaban J connectivity index is 5.27. The molecule has 0 aliphatic heterocycles. The quantitative estimate of drug-likeness (QED) is 0.0222. The lowest BCUT2D eigenvalue weighted by molar-refractivity contribution is -0.161. The highest BCUT2D eigenvalue weighted by atomic mass is 31.2. The van der Waals surface area contributed by atoms with Crippen LogP contribution >= 0.6 is 15.6 Å². The molecule has 3 N–H and O–H groups in total. The highest BCUT2D eigenvalue weighted by Crippen LogP contribution is 2.45. The SMILES string of the molecule is CCC(C)CCCCCCCCCCC(=O)O[C@H](COC(=O)CCCCCCCCCCC(C)C)COP(=O)(O)OCC(O)COP(=O)(O)OC[C@@H](COC(=O)CCCCCCCCC(C)CC)OC(=O)CCCCCCCCCCCCC(C)C. The molecule has 0 aliphatic rings. The average molecular weight is 1270 g/mol. The van der Waals surface area contributed by atoms with E-state index < -0.39 is 97.5 Å². The molecule has 5 unspecified atom stereocenters. The van der Waals surface area contributed by atoms with Crippen molar-refractivity contribution in [3.63, 3.8) is 0 Å². The zero-order valence-electron chi connectivity index (χ0n) is 55.9. The van der Waals surface area contributed by atoms with E-state index in [0.29, 0.717) is 25.7 Å². The Morgan fingerprint density at radius 2 is 0.558 bits per heavy atom. The van der Waals surface area contributed by atoms with E-state index in [4.69, 9.17) is 37.0 Å².